The minimum Gasteiger partial charge on any atom is -0.391 e. The van der Waals surface area contributed by atoms with Crippen LogP contribution >= 0.6 is 11.3 Å². The van der Waals surface area contributed by atoms with E-state index in [1.165, 1.54) is 21.7 Å². The number of ether oxygens (including phenoxy) is 1. The summed E-state index contributed by atoms with van der Waals surface area (Å²) >= 11 is 1.25. The second-order valence-corrected chi connectivity index (χ2v) is 7.42. The van der Waals surface area contributed by atoms with Crippen LogP contribution in [0.4, 0.5) is 0 Å². The average Bonchev–Trinajstić information content (AvgIpc) is 2.76. The number of aliphatic hydroxyl groups excluding tert-OH is 1. The van der Waals surface area contributed by atoms with Crippen LogP contribution in [0.3, 0.4) is 0 Å². The van der Waals surface area contributed by atoms with Gasteiger partial charge in [0.15, 0.2) is 0 Å². The zero-order chi connectivity index (χ0) is 13.3. The predicted octanol–water partition coefficient (Wildman–Crippen LogP) is 1.04. The van der Waals surface area contributed by atoms with Crippen LogP contribution in [-0.2, 0) is 21.4 Å². The van der Waals surface area contributed by atoms with E-state index in [1.807, 2.05) is 13.8 Å². The van der Waals surface area contributed by atoms with Crippen molar-refractivity contribution in [1.29, 1.82) is 0 Å². The molecule has 0 aromatic carbocycles. The Bertz CT molecular complexity index is 501. The van der Waals surface area contributed by atoms with E-state index < -0.39 is 10.0 Å². The summed E-state index contributed by atoms with van der Waals surface area (Å²) in [6, 6.07) is 1.53. The Labute approximate surface area is 111 Å². The Kier molecular flexibility index (Phi) is 4.08. The van der Waals surface area contributed by atoms with Gasteiger partial charge in [-0.15, -0.1) is 11.3 Å². The van der Waals surface area contributed by atoms with Crippen molar-refractivity contribution in [2.45, 2.75) is 37.6 Å². The van der Waals surface area contributed by atoms with E-state index in [4.69, 9.17) is 9.84 Å². The molecule has 0 radical (unpaired) electrons. The van der Waals surface area contributed by atoms with Gasteiger partial charge in [0, 0.05) is 23.3 Å². The number of morpholine rings is 1. The van der Waals surface area contributed by atoms with E-state index in [0.29, 0.717) is 18.0 Å². The third-order valence-electron chi connectivity index (χ3n) is 2.81. The van der Waals surface area contributed by atoms with E-state index >= 15 is 0 Å². The Balaban J connectivity index is 2.25. The van der Waals surface area contributed by atoms with Gasteiger partial charge in [-0.2, -0.15) is 4.31 Å². The van der Waals surface area contributed by atoms with E-state index in [0.717, 1.165) is 0 Å². The van der Waals surface area contributed by atoms with Crippen molar-refractivity contribution in [3.63, 3.8) is 0 Å². The molecule has 0 saturated carbocycles. The topological polar surface area (TPSA) is 66.8 Å². The van der Waals surface area contributed by atoms with Crippen LogP contribution in [0.25, 0.3) is 0 Å². The number of nitrogens with zero attached hydrogens (tertiary/aromatic N) is 1. The number of rotatable bonds is 3. The summed E-state index contributed by atoms with van der Waals surface area (Å²) in [5.74, 6) is 0. The van der Waals surface area contributed by atoms with Crippen molar-refractivity contribution in [2.24, 2.45) is 0 Å². The van der Waals surface area contributed by atoms with E-state index in [2.05, 4.69) is 0 Å². The third kappa shape index (κ3) is 2.75. The number of thiophene rings is 1. The molecule has 0 amide bonds. The molecule has 2 heterocycles. The van der Waals surface area contributed by atoms with Gasteiger partial charge in [0.05, 0.1) is 23.7 Å². The molecule has 0 aliphatic carbocycles. The van der Waals surface area contributed by atoms with Crippen molar-refractivity contribution in [2.75, 3.05) is 13.1 Å². The van der Waals surface area contributed by atoms with E-state index in [1.54, 1.807) is 5.38 Å². The first-order valence-electron chi connectivity index (χ1n) is 5.77. The van der Waals surface area contributed by atoms with Crippen molar-refractivity contribution in [1.82, 2.24) is 4.31 Å². The molecule has 1 fully saturated rings. The fraction of sp³-hybridized carbons (Fsp3) is 0.636. The maximum Gasteiger partial charge on any atom is 0.244 e. The maximum atomic E-state index is 12.4. The highest BCUT2D eigenvalue weighted by Crippen LogP contribution is 2.25. The molecule has 0 unspecified atom stereocenters. The van der Waals surface area contributed by atoms with Crippen LogP contribution in [-0.4, -0.2) is 43.1 Å². The summed E-state index contributed by atoms with van der Waals surface area (Å²) in [6.07, 6.45) is -0.195. The Morgan fingerprint density at radius 3 is 2.56 bits per heavy atom. The molecule has 18 heavy (non-hydrogen) atoms. The average molecular weight is 291 g/mol. The highest BCUT2D eigenvalue weighted by molar-refractivity contribution is 7.89. The Hall–Kier alpha value is -0.470. The second-order valence-electron chi connectivity index (χ2n) is 4.49. The number of hydrogen-bond donors (Lipinski definition) is 1. The lowest BCUT2D eigenvalue weighted by Crippen LogP contribution is -2.47. The first kappa shape index (κ1) is 14.0. The first-order chi connectivity index (χ1) is 8.43. The number of hydrogen-bond acceptors (Lipinski definition) is 5. The van der Waals surface area contributed by atoms with Gasteiger partial charge in [0.1, 0.15) is 0 Å². The summed E-state index contributed by atoms with van der Waals surface area (Å²) < 4.78 is 31.8. The monoisotopic (exact) mass is 291 g/mol. The standard InChI is InChI=1S/C11H17NO4S2/c1-8-4-12(5-9(2)16-8)18(14,15)11-3-10(6-13)17-7-11/h3,7-9,13H,4-6H2,1-2H3/t8-,9+. The van der Waals surface area contributed by atoms with Gasteiger partial charge in [-0.3, -0.25) is 0 Å². The van der Waals surface area contributed by atoms with Crippen LogP contribution in [0.1, 0.15) is 18.7 Å². The van der Waals surface area contributed by atoms with Gasteiger partial charge < -0.3 is 9.84 Å². The molecule has 0 bridgehead atoms. The highest BCUT2D eigenvalue weighted by atomic mass is 32.2. The molecule has 2 rings (SSSR count). The van der Waals surface area contributed by atoms with Gasteiger partial charge >= 0.3 is 0 Å². The molecule has 2 atom stereocenters. The molecular formula is C11H17NO4S2. The van der Waals surface area contributed by atoms with Crippen molar-refractivity contribution in [3.05, 3.63) is 16.3 Å². The van der Waals surface area contributed by atoms with Gasteiger partial charge in [0.2, 0.25) is 10.0 Å². The van der Waals surface area contributed by atoms with Crippen LogP contribution in [0.5, 0.6) is 0 Å². The van der Waals surface area contributed by atoms with Gasteiger partial charge in [0.25, 0.3) is 0 Å². The Morgan fingerprint density at radius 2 is 2.06 bits per heavy atom. The maximum absolute atomic E-state index is 12.4. The minimum absolute atomic E-state index is 0.0977. The SMILES string of the molecule is C[C@@H]1CN(S(=O)(=O)c2csc(CO)c2)C[C@H](C)O1. The van der Waals surface area contributed by atoms with E-state index in [-0.39, 0.29) is 23.7 Å². The van der Waals surface area contributed by atoms with Gasteiger partial charge in [-0.05, 0) is 19.9 Å². The highest BCUT2D eigenvalue weighted by Gasteiger charge is 2.32. The molecule has 0 spiro atoms. The second kappa shape index (κ2) is 5.26. The summed E-state index contributed by atoms with van der Waals surface area (Å²) in [5, 5.41) is 10.6. The van der Waals surface area contributed by atoms with Crippen LogP contribution in [0.15, 0.2) is 16.3 Å². The molecule has 5 nitrogen and oxygen atoms in total. The fourth-order valence-electron chi connectivity index (χ4n) is 2.05. The number of aliphatic hydroxyl groups is 1. The van der Waals surface area contributed by atoms with Crippen molar-refractivity contribution >= 4 is 21.4 Å². The minimum atomic E-state index is -3.46. The molecular weight excluding hydrogens is 274 g/mol. The molecule has 102 valence electrons. The van der Waals surface area contributed by atoms with Crippen molar-refractivity contribution < 1.29 is 18.3 Å². The molecule has 7 heteroatoms. The fourth-order valence-corrected chi connectivity index (χ4v) is 4.77. The van der Waals surface area contributed by atoms with Crippen molar-refractivity contribution in [3.8, 4) is 0 Å². The third-order valence-corrected chi connectivity index (χ3v) is 5.69. The largest absolute Gasteiger partial charge is 0.391 e. The quantitative estimate of drug-likeness (QED) is 0.903. The summed E-state index contributed by atoms with van der Waals surface area (Å²) in [7, 11) is -3.46. The first-order valence-corrected chi connectivity index (χ1v) is 8.09. The lowest BCUT2D eigenvalue weighted by Gasteiger charge is -2.34. The lowest BCUT2D eigenvalue weighted by atomic mass is 10.3. The number of sulfonamides is 1. The van der Waals surface area contributed by atoms with Gasteiger partial charge in [-0.25, -0.2) is 8.42 Å². The molecule has 1 aliphatic heterocycles. The zero-order valence-corrected chi connectivity index (χ0v) is 12.0. The zero-order valence-electron chi connectivity index (χ0n) is 10.4. The predicted molar refractivity (Wildman–Crippen MR) is 69.0 cm³/mol. The molecule has 1 aliphatic rings. The van der Waals surface area contributed by atoms with E-state index in [9.17, 15) is 8.42 Å². The lowest BCUT2D eigenvalue weighted by molar-refractivity contribution is -0.0440. The molecule has 1 aromatic rings. The van der Waals surface area contributed by atoms with Crippen LogP contribution < -0.4 is 0 Å². The molecule has 1 N–H and O–H groups in total. The summed E-state index contributed by atoms with van der Waals surface area (Å²) in [4.78, 5) is 0.917. The summed E-state index contributed by atoms with van der Waals surface area (Å²) in [6.45, 7) is 4.35. The Morgan fingerprint density at radius 1 is 1.44 bits per heavy atom. The molecule has 1 saturated heterocycles. The normalized spacial score (nSPS) is 26.4. The molecule has 1 aromatic heterocycles. The van der Waals surface area contributed by atoms with Crippen LogP contribution in [0.2, 0.25) is 0 Å². The summed E-state index contributed by atoms with van der Waals surface area (Å²) in [5.41, 5.74) is 0. The van der Waals surface area contributed by atoms with Crippen LogP contribution in [0, 0.1) is 0 Å². The smallest absolute Gasteiger partial charge is 0.244 e. The van der Waals surface area contributed by atoms with Gasteiger partial charge in [-0.1, -0.05) is 0 Å².